The summed E-state index contributed by atoms with van der Waals surface area (Å²) in [5, 5.41) is 20.9. The van der Waals surface area contributed by atoms with Crippen LogP contribution < -0.4 is 5.73 Å². The van der Waals surface area contributed by atoms with Crippen molar-refractivity contribution in [2.45, 2.75) is 58.0 Å². The van der Waals surface area contributed by atoms with E-state index in [2.05, 4.69) is 54.1 Å². The molecule has 3 aromatic heterocycles. The number of anilines is 1. The summed E-state index contributed by atoms with van der Waals surface area (Å²) in [6.45, 7) is 4.04. The third-order valence-corrected chi connectivity index (χ3v) is 8.65. The van der Waals surface area contributed by atoms with Crippen LogP contribution in [0.15, 0.2) is 42.7 Å². The van der Waals surface area contributed by atoms with Crippen molar-refractivity contribution in [2.75, 3.05) is 12.3 Å². The molecular formula is C28H30N4O3S. The molecule has 1 aliphatic heterocycles. The summed E-state index contributed by atoms with van der Waals surface area (Å²) in [6, 6.07) is 12.8. The van der Waals surface area contributed by atoms with Gasteiger partial charge in [-0.2, -0.15) is 0 Å². The lowest BCUT2D eigenvalue weighted by Crippen LogP contribution is -2.24. The third kappa shape index (κ3) is 3.67. The zero-order chi connectivity index (χ0) is 25.0. The zero-order valence-electron chi connectivity index (χ0n) is 20.4. The molecule has 0 bridgehead atoms. The first-order chi connectivity index (χ1) is 17.5. The van der Waals surface area contributed by atoms with Gasteiger partial charge in [-0.15, -0.1) is 11.3 Å². The number of thiophene rings is 1. The molecule has 0 unspecified atom stereocenters. The summed E-state index contributed by atoms with van der Waals surface area (Å²) in [5.74, 6) is 0.444. The average molecular weight is 503 g/mol. The maximum absolute atomic E-state index is 10.4. The molecule has 36 heavy (non-hydrogen) atoms. The number of aliphatic hydroxyl groups excluding tert-OH is 2. The SMILES string of the molecule is Cc1sc(-c2ccccc2)cc1C1=C(c2c(C)n([C@H]3C[C@H](O)[C@@H](CO)O3)c3ncnc(N)c23)CCC1. The molecule has 4 aromatic rings. The van der Waals surface area contributed by atoms with Crippen molar-refractivity contribution in [3.8, 4) is 10.4 Å². The molecule has 6 rings (SSSR count). The van der Waals surface area contributed by atoms with Gasteiger partial charge in [0, 0.05) is 27.4 Å². The summed E-state index contributed by atoms with van der Waals surface area (Å²) >= 11 is 1.83. The number of hydrogen-bond acceptors (Lipinski definition) is 7. The molecule has 8 heteroatoms. The maximum Gasteiger partial charge on any atom is 0.148 e. The molecule has 1 aromatic carbocycles. The number of nitrogens with zero attached hydrogens (tertiary/aromatic N) is 3. The Morgan fingerprint density at radius 3 is 2.67 bits per heavy atom. The number of aryl methyl sites for hydroxylation is 1. The van der Waals surface area contributed by atoms with Crippen molar-refractivity contribution in [3.63, 3.8) is 0 Å². The second kappa shape index (κ2) is 9.12. The van der Waals surface area contributed by atoms with E-state index in [4.69, 9.17) is 10.5 Å². The molecule has 3 atom stereocenters. The normalized spacial score (nSPS) is 22.3. The Balaban J connectivity index is 1.53. The van der Waals surface area contributed by atoms with E-state index in [0.29, 0.717) is 17.9 Å². The molecule has 1 aliphatic carbocycles. The van der Waals surface area contributed by atoms with Crippen molar-refractivity contribution < 1.29 is 14.9 Å². The molecule has 186 valence electrons. The first-order valence-corrected chi connectivity index (χ1v) is 13.2. The minimum absolute atomic E-state index is 0.226. The van der Waals surface area contributed by atoms with Crippen LogP contribution in [-0.2, 0) is 4.74 Å². The molecule has 1 saturated heterocycles. The molecule has 7 nitrogen and oxygen atoms in total. The monoisotopic (exact) mass is 502 g/mol. The Bertz CT molecular complexity index is 1470. The minimum Gasteiger partial charge on any atom is -0.394 e. The third-order valence-electron chi connectivity index (χ3n) is 7.55. The van der Waals surface area contributed by atoms with E-state index < -0.39 is 18.4 Å². The maximum atomic E-state index is 10.4. The van der Waals surface area contributed by atoms with Gasteiger partial charge in [-0.05, 0) is 61.4 Å². The fourth-order valence-corrected chi connectivity index (χ4v) is 6.93. The highest BCUT2D eigenvalue weighted by Crippen LogP contribution is 2.48. The molecule has 4 heterocycles. The second-order valence-electron chi connectivity index (χ2n) is 9.66. The number of aliphatic hydroxyl groups is 2. The molecule has 0 amide bonds. The predicted molar refractivity (Wildman–Crippen MR) is 143 cm³/mol. The van der Waals surface area contributed by atoms with Crippen LogP contribution in [0.4, 0.5) is 5.82 Å². The lowest BCUT2D eigenvalue weighted by Gasteiger charge is -2.17. The van der Waals surface area contributed by atoms with Crippen molar-refractivity contribution in [3.05, 3.63) is 64.4 Å². The van der Waals surface area contributed by atoms with Gasteiger partial charge in [0.15, 0.2) is 0 Å². The summed E-state index contributed by atoms with van der Waals surface area (Å²) in [4.78, 5) is 11.5. The Kier molecular flexibility index (Phi) is 5.92. The number of allylic oxidation sites excluding steroid dienone is 2. The molecule has 0 spiro atoms. The smallest absolute Gasteiger partial charge is 0.148 e. The van der Waals surface area contributed by atoms with Crippen molar-refractivity contribution >= 4 is 39.3 Å². The quantitative estimate of drug-likeness (QED) is 0.351. The average Bonchev–Trinajstić information content (AvgIpc) is 3.64. The van der Waals surface area contributed by atoms with Gasteiger partial charge in [-0.3, -0.25) is 0 Å². The summed E-state index contributed by atoms with van der Waals surface area (Å²) < 4.78 is 8.07. The van der Waals surface area contributed by atoms with Crippen LogP contribution in [0, 0.1) is 13.8 Å². The summed E-state index contributed by atoms with van der Waals surface area (Å²) in [5.41, 5.74) is 14.4. The van der Waals surface area contributed by atoms with Gasteiger partial charge in [0.1, 0.15) is 30.1 Å². The van der Waals surface area contributed by atoms with E-state index in [9.17, 15) is 10.2 Å². The largest absolute Gasteiger partial charge is 0.394 e. The van der Waals surface area contributed by atoms with E-state index in [1.807, 2.05) is 22.0 Å². The van der Waals surface area contributed by atoms with Crippen LogP contribution in [0.5, 0.6) is 0 Å². The first kappa shape index (κ1) is 23.4. The molecule has 0 radical (unpaired) electrons. The van der Waals surface area contributed by atoms with Crippen molar-refractivity contribution in [2.24, 2.45) is 0 Å². The van der Waals surface area contributed by atoms with Crippen LogP contribution in [0.2, 0.25) is 0 Å². The zero-order valence-corrected chi connectivity index (χ0v) is 21.3. The lowest BCUT2D eigenvalue weighted by atomic mass is 9.95. The molecule has 4 N–H and O–H groups in total. The number of benzene rings is 1. The molecule has 2 aliphatic rings. The van der Waals surface area contributed by atoms with Crippen LogP contribution in [-0.4, -0.2) is 43.6 Å². The number of fused-ring (bicyclic) bond motifs is 1. The van der Waals surface area contributed by atoms with Gasteiger partial charge in [0.2, 0.25) is 0 Å². The number of hydrogen-bond donors (Lipinski definition) is 3. The van der Waals surface area contributed by atoms with Gasteiger partial charge in [0.25, 0.3) is 0 Å². The Hall–Kier alpha value is -3.04. The van der Waals surface area contributed by atoms with E-state index >= 15 is 0 Å². The Labute approximate surface area is 213 Å². The van der Waals surface area contributed by atoms with Crippen LogP contribution in [0.25, 0.3) is 32.6 Å². The summed E-state index contributed by atoms with van der Waals surface area (Å²) in [7, 11) is 0. The van der Waals surface area contributed by atoms with E-state index in [1.54, 1.807) is 0 Å². The highest BCUT2D eigenvalue weighted by molar-refractivity contribution is 7.15. The lowest BCUT2D eigenvalue weighted by molar-refractivity contribution is -0.0436. The highest BCUT2D eigenvalue weighted by Gasteiger charge is 2.37. The van der Waals surface area contributed by atoms with Crippen LogP contribution in [0.3, 0.4) is 0 Å². The number of rotatable bonds is 5. The van der Waals surface area contributed by atoms with Crippen molar-refractivity contribution in [1.82, 2.24) is 14.5 Å². The molecule has 0 saturated carbocycles. The number of nitrogens with two attached hydrogens (primary N) is 1. The fraction of sp³-hybridized carbons (Fsp3) is 0.357. The van der Waals surface area contributed by atoms with E-state index in [-0.39, 0.29) is 6.61 Å². The van der Waals surface area contributed by atoms with Gasteiger partial charge in [-0.1, -0.05) is 30.3 Å². The van der Waals surface area contributed by atoms with Gasteiger partial charge in [-0.25, -0.2) is 9.97 Å². The van der Waals surface area contributed by atoms with E-state index in [1.165, 1.54) is 38.4 Å². The number of nitrogen functional groups attached to an aromatic ring is 1. The number of ether oxygens (including phenoxy) is 1. The standard InChI is InChI=1S/C28H30N4O3S/c1-15-25(26-27(29)30-14-31-28(26)32(15)24-12-21(34)22(13-33)35-24)19-10-6-9-18(19)20-11-23(36-16(20)2)17-7-4-3-5-8-17/h3-5,7-8,11,14,21-22,24,33-34H,6,9-10,12-13H2,1-2H3,(H2,29,30,31)/t21-,22+,24+/m0/s1. The Morgan fingerprint density at radius 2 is 1.92 bits per heavy atom. The first-order valence-electron chi connectivity index (χ1n) is 12.4. The fourth-order valence-electron chi connectivity index (χ4n) is 5.87. The van der Waals surface area contributed by atoms with Gasteiger partial charge >= 0.3 is 0 Å². The minimum atomic E-state index is -0.731. The molecule has 1 fully saturated rings. The van der Waals surface area contributed by atoms with Gasteiger partial charge < -0.3 is 25.3 Å². The highest BCUT2D eigenvalue weighted by atomic mass is 32.1. The Morgan fingerprint density at radius 1 is 1.14 bits per heavy atom. The number of aromatic nitrogens is 3. The predicted octanol–water partition coefficient (Wildman–Crippen LogP) is 5.09. The topological polar surface area (TPSA) is 106 Å². The molecular weight excluding hydrogens is 472 g/mol. The van der Waals surface area contributed by atoms with Crippen LogP contribution >= 0.6 is 11.3 Å². The summed E-state index contributed by atoms with van der Waals surface area (Å²) in [6.07, 6.45) is 3.12. The second-order valence-corrected chi connectivity index (χ2v) is 10.9. The van der Waals surface area contributed by atoms with Crippen LogP contribution in [0.1, 0.15) is 53.6 Å². The van der Waals surface area contributed by atoms with Gasteiger partial charge in [0.05, 0.1) is 18.1 Å². The van der Waals surface area contributed by atoms with E-state index in [0.717, 1.165) is 35.9 Å². The van der Waals surface area contributed by atoms with Crippen molar-refractivity contribution in [1.29, 1.82) is 0 Å².